The van der Waals surface area contributed by atoms with Crippen molar-refractivity contribution >= 4 is 24.3 Å². The van der Waals surface area contributed by atoms with Crippen LogP contribution in [0, 0.1) is 0 Å². The maximum atomic E-state index is 10.4. The minimum absolute atomic E-state index is 0. The van der Waals surface area contributed by atoms with Gasteiger partial charge in [-0.1, -0.05) is 6.07 Å². The van der Waals surface area contributed by atoms with E-state index >= 15 is 0 Å². The van der Waals surface area contributed by atoms with Gasteiger partial charge in [-0.05, 0) is 12.1 Å². The van der Waals surface area contributed by atoms with Crippen LogP contribution in [0.1, 0.15) is 0 Å². The molecule has 4 nitrogen and oxygen atoms in total. The lowest BCUT2D eigenvalue weighted by Gasteiger charge is -2.10. The minimum Gasteiger partial charge on any atom is -0.465 e. The highest BCUT2D eigenvalue weighted by molar-refractivity contribution is 5.85. The van der Waals surface area contributed by atoms with E-state index in [0.717, 1.165) is 4.90 Å². The number of aromatic nitrogens is 1. The molecule has 0 aliphatic carbocycles. The summed E-state index contributed by atoms with van der Waals surface area (Å²) in [6.45, 7) is 0. The Bertz CT molecular complexity index is 253. The molecule has 1 aromatic rings. The molecule has 5 heteroatoms. The molecule has 0 radical (unpaired) electrons. The summed E-state index contributed by atoms with van der Waals surface area (Å²) in [6.07, 6.45) is 0.540. The molecule has 66 valence electrons. The normalized spacial score (nSPS) is 8.42. The van der Waals surface area contributed by atoms with Gasteiger partial charge in [0.1, 0.15) is 5.82 Å². The van der Waals surface area contributed by atoms with Crippen molar-refractivity contribution in [1.29, 1.82) is 0 Å². The summed E-state index contributed by atoms with van der Waals surface area (Å²) in [5, 5.41) is 8.52. The summed E-state index contributed by atoms with van der Waals surface area (Å²) < 4.78 is 0. The Hall–Kier alpha value is -1.29. The number of hydrogen-bond acceptors (Lipinski definition) is 2. The fourth-order valence-corrected chi connectivity index (χ4v) is 0.650. The number of hydrogen-bond donors (Lipinski definition) is 1. The van der Waals surface area contributed by atoms with E-state index in [1.54, 1.807) is 24.4 Å². The van der Waals surface area contributed by atoms with Crippen LogP contribution in [0.4, 0.5) is 10.6 Å². The van der Waals surface area contributed by atoms with E-state index in [4.69, 9.17) is 5.11 Å². The van der Waals surface area contributed by atoms with Crippen LogP contribution in [0.5, 0.6) is 0 Å². The van der Waals surface area contributed by atoms with Crippen LogP contribution in [0.15, 0.2) is 24.4 Å². The highest BCUT2D eigenvalue weighted by Crippen LogP contribution is 2.05. The summed E-state index contributed by atoms with van der Waals surface area (Å²) in [5.74, 6) is 0.431. The Kier molecular flexibility index (Phi) is 4.07. The third-order valence-corrected chi connectivity index (χ3v) is 1.28. The molecule has 1 N–H and O–H groups in total. The molecule has 1 heterocycles. The average Bonchev–Trinajstić information content (AvgIpc) is 2.05. The van der Waals surface area contributed by atoms with Crippen LogP contribution >= 0.6 is 12.4 Å². The van der Waals surface area contributed by atoms with Crippen LogP contribution in [-0.4, -0.2) is 23.2 Å². The zero-order valence-corrected chi connectivity index (χ0v) is 7.28. The van der Waals surface area contributed by atoms with Gasteiger partial charge in [0, 0.05) is 13.2 Å². The molecule has 0 saturated heterocycles. The molecular weight excluding hydrogens is 180 g/mol. The minimum atomic E-state index is -1.01. The Balaban J connectivity index is 0.00000121. The second kappa shape index (κ2) is 4.56. The fourth-order valence-electron chi connectivity index (χ4n) is 0.650. The fraction of sp³-hybridized carbons (Fsp3) is 0.143. The van der Waals surface area contributed by atoms with Crippen molar-refractivity contribution in [3.63, 3.8) is 0 Å². The second-order valence-electron chi connectivity index (χ2n) is 2.03. The summed E-state index contributed by atoms with van der Waals surface area (Å²) >= 11 is 0. The molecule has 0 unspecified atom stereocenters. The largest absolute Gasteiger partial charge is 0.465 e. The topological polar surface area (TPSA) is 53.4 Å². The van der Waals surface area contributed by atoms with Crippen molar-refractivity contribution in [3.8, 4) is 0 Å². The van der Waals surface area contributed by atoms with Gasteiger partial charge in [-0.2, -0.15) is 0 Å². The van der Waals surface area contributed by atoms with Gasteiger partial charge in [0.2, 0.25) is 0 Å². The van der Waals surface area contributed by atoms with Gasteiger partial charge in [-0.25, -0.2) is 9.78 Å². The number of pyridine rings is 1. The number of halogens is 1. The molecule has 0 aliphatic heterocycles. The van der Waals surface area contributed by atoms with E-state index in [1.165, 1.54) is 7.05 Å². The monoisotopic (exact) mass is 188 g/mol. The number of rotatable bonds is 1. The van der Waals surface area contributed by atoms with Crippen molar-refractivity contribution in [1.82, 2.24) is 4.98 Å². The van der Waals surface area contributed by atoms with E-state index in [9.17, 15) is 4.79 Å². The molecule has 1 rings (SSSR count). The van der Waals surface area contributed by atoms with Gasteiger partial charge in [-0.3, -0.25) is 4.90 Å². The second-order valence-corrected chi connectivity index (χ2v) is 2.03. The molecule has 12 heavy (non-hydrogen) atoms. The number of carboxylic acid groups (broad SMARTS) is 1. The van der Waals surface area contributed by atoms with Crippen LogP contribution in [0.25, 0.3) is 0 Å². The van der Waals surface area contributed by atoms with E-state index in [2.05, 4.69) is 4.98 Å². The van der Waals surface area contributed by atoms with Crippen LogP contribution in [-0.2, 0) is 0 Å². The van der Waals surface area contributed by atoms with Gasteiger partial charge >= 0.3 is 6.09 Å². The molecular formula is C7H9ClN2O2. The first-order valence-corrected chi connectivity index (χ1v) is 3.09. The van der Waals surface area contributed by atoms with Crippen LogP contribution in [0.2, 0.25) is 0 Å². The Morgan fingerprint density at radius 1 is 1.58 bits per heavy atom. The lowest BCUT2D eigenvalue weighted by atomic mass is 10.4. The molecule has 0 spiro atoms. The van der Waals surface area contributed by atoms with Crippen LogP contribution < -0.4 is 4.90 Å². The maximum Gasteiger partial charge on any atom is 0.412 e. The summed E-state index contributed by atoms with van der Waals surface area (Å²) in [7, 11) is 1.45. The van der Waals surface area contributed by atoms with Crippen LogP contribution in [0.3, 0.4) is 0 Å². The predicted molar refractivity (Wildman–Crippen MR) is 47.9 cm³/mol. The van der Waals surface area contributed by atoms with Gasteiger partial charge in [-0.15, -0.1) is 12.4 Å². The Morgan fingerprint density at radius 3 is 2.67 bits per heavy atom. The molecule has 0 atom stereocenters. The Labute approximate surface area is 76.2 Å². The smallest absolute Gasteiger partial charge is 0.412 e. The highest BCUT2D eigenvalue weighted by atomic mass is 35.5. The number of amides is 1. The third-order valence-electron chi connectivity index (χ3n) is 1.28. The third kappa shape index (κ3) is 2.39. The van der Waals surface area contributed by atoms with Crippen molar-refractivity contribution < 1.29 is 9.90 Å². The molecule has 0 bridgehead atoms. The van der Waals surface area contributed by atoms with Gasteiger partial charge in [0.05, 0.1) is 0 Å². The number of nitrogens with zero attached hydrogens (tertiary/aromatic N) is 2. The molecule has 0 aliphatic rings. The SMILES string of the molecule is CN(C(=O)O)c1ccccn1.Cl. The quantitative estimate of drug-likeness (QED) is 0.729. The first-order valence-electron chi connectivity index (χ1n) is 3.09. The zero-order valence-electron chi connectivity index (χ0n) is 6.47. The molecule has 0 saturated carbocycles. The van der Waals surface area contributed by atoms with E-state index < -0.39 is 6.09 Å². The van der Waals surface area contributed by atoms with Gasteiger partial charge in [0.15, 0.2) is 0 Å². The molecule has 0 aromatic carbocycles. The van der Waals surface area contributed by atoms with Gasteiger partial charge < -0.3 is 5.11 Å². The Morgan fingerprint density at radius 2 is 2.25 bits per heavy atom. The standard InChI is InChI=1S/C7H8N2O2.ClH/c1-9(7(10)11)6-4-2-3-5-8-6;/h2-5H,1H3,(H,10,11);1H. The molecule has 1 aromatic heterocycles. The van der Waals surface area contributed by atoms with E-state index in [-0.39, 0.29) is 12.4 Å². The highest BCUT2D eigenvalue weighted by Gasteiger charge is 2.07. The van der Waals surface area contributed by atoms with E-state index in [1.807, 2.05) is 0 Å². The number of anilines is 1. The lowest BCUT2D eigenvalue weighted by Crippen LogP contribution is -2.24. The van der Waals surface area contributed by atoms with Gasteiger partial charge in [0.25, 0.3) is 0 Å². The van der Waals surface area contributed by atoms with Crippen molar-refractivity contribution in [3.05, 3.63) is 24.4 Å². The van der Waals surface area contributed by atoms with Crippen molar-refractivity contribution in [2.24, 2.45) is 0 Å². The van der Waals surface area contributed by atoms with Crippen molar-refractivity contribution in [2.75, 3.05) is 11.9 Å². The predicted octanol–water partition coefficient (Wildman–Crippen LogP) is 1.62. The van der Waals surface area contributed by atoms with Crippen molar-refractivity contribution in [2.45, 2.75) is 0 Å². The number of carbonyl (C=O) groups is 1. The average molecular weight is 189 g/mol. The molecule has 1 amide bonds. The maximum absolute atomic E-state index is 10.4. The summed E-state index contributed by atoms with van der Waals surface area (Å²) in [6, 6.07) is 5.11. The first kappa shape index (κ1) is 10.7. The lowest BCUT2D eigenvalue weighted by molar-refractivity contribution is 0.203. The summed E-state index contributed by atoms with van der Waals surface area (Å²) in [5.41, 5.74) is 0. The van der Waals surface area contributed by atoms with E-state index in [0.29, 0.717) is 5.82 Å². The summed E-state index contributed by atoms with van der Waals surface area (Å²) in [4.78, 5) is 15.3. The first-order chi connectivity index (χ1) is 5.22. The zero-order chi connectivity index (χ0) is 8.27. The molecule has 0 fully saturated rings.